The molecule has 0 rings (SSSR count). The number of nitrogens with zero attached hydrogens (tertiary/aromatic N) is 1. The number of carbonyl (C=O) groups excluding carboxylic acids is 2. The van der Waals surface area contributed by atoms with Crippen LogP contribution in [0.2, 0.25) is 0 Å². The van der Waals surface area contributed by atoms with Crippen molar-refractivity contribution in [3.63, 3.8) is 0 Å². The number of esters is 1. The first-order valence-electron chi connectivity index (χ1n) is 8.15. The van der Waals surface area contributed by atoms with Crippen molar-refractivity contribution in [3.8, 4) is 0 Å². The maximum atomic E-state index is 11.5. The molecule has 0 atom stereocenters. The maximum Gasteiger partial charge on any atom is 0.410 e. The lowest BCUT2D eigenvalue weighted by atomic mass is 10.1. The second kappa shape index (κ2) is 13.7. The lowest BCUT2D eigenvalue weighted by molar-refractivity contribution is -0.144. The van der Waals surface area contributed by atoms with Gasteiger partial charge in [-0.1, -0.05) is 51.9 Å². The third-order valence-corrected chi connectivity index (χ3v) is 3.21. The van der Waals surface area contributed by atoms with E-state index in [0.29, 0.717) is 13.2 Å². The van der Waals surface area contributed by atoms with Crippen molar-refractivity contribution < 1.29 is 19.1 Å². The van der Waals surface area contributed by atoms with Crippen LogP contribution in [-0.4, -0.2) is 43.8 Å². The van der Waals surface area contributed by atoms with E-state index in [4.69, 9.17) is 9.47 Å². The van der Waals surface area contributed by atoms with Gasteiger partial charge in [0.05, 0.1) is 13.2 Å². The summed E-state index contributed by atoms with van der Waals surface area (Å²) in [5.41, 5.74) is 0. The van der Waals surface area contributed by atoms with E-state index in [1.807, 2.05) is 0 Å². The zero-order valence-electron chi connectivity index (χ0n) is 13.9. The van der Waals surface area contributed by atoms with Gasteiger partial charge in [-0.25, -0.2) is 4.79 Å². The quantitative estimate of drug-likeness (QED) is 0.407. The van der Waals surface area contributed by atoms with Gasteiger partial charge in [0, 0.05) is 7.05 Å². The Morgan fingerprint density at radius 3 is 2.00 bits per heavy atom. The van der Waals surface area contributed by atoms with Crippen LogP contribution in [0.1, 0.15) is 65.2 Å². The van der Waals surface area contributed by atoms with Gasteiger partial charge in [0.15, 0.2) is 0 Å². The molecule has 0 heterocycles. The summed E-state index contributed by atoms with van der Waals surface area (Å²) < 4.78 is 9.88. The molecule has 0 spiro atoms. The second-order valence-electron chi connectivity index (χ2n) is 5.25. The molecule has 0 fully saturated rings. The molecular weight excluding hydrogens is 270 g/mol. The van der Waals surface area contributed by atoms with Gasteiger partial charge in [-0.05, 0) is 13.3 Å². The normalized spacial score (nSPS) is 10.2. The fourth-order valence-corrected chi connectivity index (χ4v) is 1.96. The highest BCUT2D eigenvalue weighted by Gasteiger charge is 2.14. The van der Waals surface area contributed by atoms with E-state index >= 15 is 0 Å². The molecule has 5 heteroatoms. The van der Waals surface area contributed by atoms with Gasteiger partial charge >= 0.3 is 12.1 Å². The van der Waals surface area contributed by atoms with Crippen LogP contribution in [0.4, 0.5) is 4.79 Å². The van der Waals surface area contributed by atoms with Gasteiger partial charge in [0.1, 0.15) is 6.54 Å². The third-order valence-electron chi connectivity index (χ3n) is 3.21. The number of hydrogen-bond acceptors (Lipinski definition) is 4. The van der Waals surface area contributed by atoms with E-state index in [1.165, 1.54) is 50.5 Å². The summed E-state index contributed by atoms with van der Waals surface area (Å²) in [5.74, 6) is -0.381. The standard InChI is InChI=1S/C16H31NO4/c1-4-6-7-8-9-10-11-12-13-21-15(18)14-17(3)16(19)20-5-2/h4-14H2,1-3H3. The minimum Gasteiger partial charge on any atom is -0.464 e. The minimum absolute atomic E-state index is 0.0597. The molecule has 0 aliphatic heterocycles. The fourth-order valence-electron chi connectivity index (χ4n) is 1.96. The minimum atomic E-state index is -0.499. The highest BCUT2D eigenvalue weighted by atomic mass is 16.6. The van der Waals surface area contributed by atoms with Crippen LogP contribution >= 0.6 is 0 Å². The van der Waals surface area contributed by atoms with Gasteiger partial charge in [-0.3, -0.25) is 4.79 Å². The molecule has 5 nitrogen and oxygen atoms in total. The molecule has 0 N–H and O–H groups in total. The Morgan fingerprint density at radius 2 is 1.43 bits per heavy atom. The first-order chi connectivity index (χ1) is 10.1. The number of hydrogen-bond donors (Lipinski definition) is 0. The van der Waals surface area contributed by atoms with Crippen molar-refractivity contribution >= 4 is 12.1 Å². The van der Waals surface area contributed by atoms with Crippen LogP contribution in [-0.2, 0) is 14.3 Å². The summed E-state index contributed by atoms with van der Waals surface area (Å²) in [7, 11) is 1.52. The average molecular weight is 301 g/mol. The van der Waals surface area contributed by atoms with Gasteiger partial charge in [0.2, 0.25) is 0 Å². The van der Waals surface area contributed by atoms with Crippen molar-refractivity contribution in [1.29, 1.82) is 0 Å². The van der Waals surface area contributed by atoms with Gasteiger partial charge < -0.3 is 14.4 Å². The highest BCUT2D eigenvalue weighted by Crippen LogP contribution is 2.08. The van der Waals surface area contributed by atoms with Crippen molar-refractivity contribution in [3.05, 3.63) is 0 Å². The van der Waals surface area contributed by atoms with E-state index in [-0.39, 0.29) is 12.5 Å². The Morgan fingerprint density at radius 1 is 0.857 bits per heavy atom. The summed E-state index contributed by atoms with van der Waals surface area (Å²) in [6.07, 6.45) is 9.17. The molecule has 21 heavy (non-hydrogen) atoms. The van der Waals surface area contributed by atoms with Gasteiger partial charge in [0.25, 0.3) is 0 Å². The SMILES string of the molecule is CCCCCCCCCCOC(=O)CN(C)C(=O)OCC. The van der Waals surface area contributed by atoms with Crippen LogP contribution in [0.3, 0.4) is 0 Å². The first kappa shape index (κ1) is 19.7. The number of unbranched alkanes of at least 4 members (excludes halogenated alkanes) is 7. The lowest BCUT2D eigenvalue weighted by Crippen LogP contribution is -2.33. The van der Waals surface area contributed by atoms with Crippen LogP contribution in [0.5, 0.6) is 0 Å². The molecule has 0 aliphatic carbocycles. The molecule has 0 aromatic carbocycles. The molecule has 124 valence electrons. The van der Waals surface area contributed by atoms with E-state index in [1.54, 1.807) is 6.92 Å². The Balaban J connectivity index is 3.43. The van der Waals surface area contributed by atoms with Gasteiger partial charge in [-0.15, -0.1) is 0 Å². The molecule has 0 saturated carbocycles. The van der Waals surface area contributed by atoms with Gasteiger partial charge in [-0.2, -0.15) is 0 Å². The number of rotatable bonds is 12. The smallest absolute Gasteiger partial charge is 0.410 e. The van der Waals surface area contributed by atoms with Crippen molar-refractivity contribution in [2.24, 2.45) is 0 Å². The molecule has 0 saturated heterocycles. The largest absolute Gasteiger partial charge is 0.464 e. The summed E-state index contributed by atoms with van der Waals surface area (Å²) >= 11 is 0. The first-order valence-corrected chi connectivity index (χ1v) is 8.15. The van der Waals surface area contributed by atoms with E-state index in [0.717, 1.165) is 12.8 Å². The summed E-state index contributed by atoms with van der Waals surface area (Å²) in [5, 5.41) is 0. The zero-order valence-corrected chi connectivity index (χ0v) is 13.9. The Kier molecular flexibility index (Phi) is 12.9. The lowest BCUT2D eigenvalue weighted by Gasteiger charge is -2.15. The highest BCUT2D eigenvalue weighted by molar-refractivity contribution is 5.77. The number of likely N-dealkylation sites (N-methyl/N-ethyl adjacent to an activating group) is 1. The molecule has 0 aliphatic rings. The number of carbonyl (C=O) groups is 2. The molecular formula is C16H31NO4. The van der Waals surface area contributed by atoms with E-state index < -0.39 is 6.09 Å². The van der Waals surface area contributed by atoms with E-state index in [2.05, 4.69) is 6.92 Å². The summed E-state index contributed by atoms with van der Waals surface area (Å²) in [4.78, 5) is 24.0. The van der Waals surface area contributed by atoms with Crippen LogP contribution in [0.15, 0.2) is 0 Å². The Bertz CT molecular complexity index is 281. The van der Waals surface area contributed by atoms with Crippen LogP contribution < -0.4 is 0 Å². The molecule has 0 aromatic rings. The number of amides is 1. The topological polar surface area (TPSA) is 55.8 Å². The molecule has 0 unspecified atom stereocenters. The molecule has 0 radical (unpaired) electrons. The van der Waals surface area contributed by atoms with Crippen molar-refractivity contribution in [2.75, 3.05) is 26.8 Å². The van der Waals surface area contributed by atoms with Crippen molar-refractivity contribution in [1.82, 2.24) is 4.90 Å². The second-order valence-corrected chi connectivity index (χ2v) is 5.25. The Labute approximate surface area is 129 Å². The fraction of sp³-hybridized carbons (Fsp3) is 0.875. The van der Waals surface area contributed by atoms with Crippen LogP contribution in [0.25, 0.3) is 0 Å². The predicted molar refractivity (Wildman–Crippen MR) is 83.2 cm³/mol. The van der Waals surface area contributed by atoms with Crippen molar-refractivity contribution in [2.45, 2.75) is 65.2 Å². The van der Waals surface area contributed by atoms with E-state index in [9.17, 15) is 9.59 Å². The summed E-state index contributed by atoms with van der Waals surface area (Å²) in [6.45, 7) is 4.62. The van der Waals surface area contributed by atoms with Crippen LogP contribution in [0, 0.1) is 0 Å². The monoisotopic (exact) mass is 301 g/mol. The maximum absolute atomic E-state index is 11.5. The predicted octanol–water partition coefficient (Wildman–Crippen LogP) is 3.76. The number of ether oxygens (including phenoxy) is 2. The Hall–Kier alpha value is -1.26. The third kappa shape index (κ3) is 12.2. The molecule has 1 amide bonds. The molecule has 0 aromatic heterocycles. The zero-order chi connectivity index (χ0) is 15.9. The molecule has 0 bridgehead atoms. The summed E-state index contributed by atoms with van der Waals surface area (Å²) in [6, 6.07) is 0. The average Bonchev–Trinajstić information content (AvgIpc) is 2.45.